The highest BCUT2D eigenvalue weighted by atomic mass is 31.2. The first-order valence-electron chi connectivity index (χ1n) is 17.3. The van der Waals surface area contributed by atoms with Gasteiger partial charge in [0, 0.05) is 12.5 Å². The molecule has 55 heavy (non-hydrogen) atoms. The lowest BCUT2D eigenvalue weighted by Gasteiger charge is -2.31. The van der Waals surface area contributed by atoms with Crippen molar-refractivity contribution in [2.75, 3.05) is 18.9 Å². The van der Waals surface area contributed by atoms with Crippen LogP contribution in [0.3, 0.4) is 0 Å². The molecule has 2 aromatic heterocycles. The molecule has 1 aliphatic heterocycles. The molecule has 3 heterocycles. The summed E-state index contributed by atoms with van der Waals surface area (Å²) in [6.07, 6.45) is 3.56. The summed E-state index contributed by atoms with van der Waals surface area (Å²) in [4.78, 5) is 37.7. The second kappa shape index (κ2) is 17.9. The number of anilines is 1. The lowest BCUT2D eigenvalue weighted by atomic mass is 9.99. The van der Waals surface area contributed by atoms with Crippen LogP contribution >= 0.6 is 7.75 Å². The summed E-state index contributed by atoms with van der Waals surface area (Å²) in [7, 11) is -4.77. The van der Waals surface area contributed by atoms with Crippen LogP contribution in [0.4, 0.5) is 23.8 Å². The number of nitrogens with zero attached hydrogens (tertiary/aromatic N) is 4. The van der Waals surface area contributed by atoms with Gasteiger partial charge in [-0.2, -0.15) is 19.4 Å². The Kier molecular flexibility index (Phi) is 13.4. The number of carbonyl (C=O) groups excluding carboxylic acids is 2. The predicted octanol–water partition coefficient (Wildman–Crippen LogP) is 6.18. The highest BCUT2D eigenvalue weighted by Gasteiger charge is 2.53. The Bertz CT molecular complexity index is 2050. The molecule has 0 amide bonds. The van der Waals surface area contributed by atoms with E-state index in [1.165, 1.54) is 23.0 Å². The number of hydrogen-bond donors (Lipinski definition) is 2. The number of aromatic nitrogens is 4. The number of para-hydroxylation sites is 1. The van der Waals surface area contributed by atoms with E-state index in [0.717, 1.165) is 25.0 Å². The maximum absolute atomic E-state index is 14.8. The molecule has 0 bridgehead atoms. The van der Waals surface area contributed by atoms with Crippen LogP contribution in [0.1, 0.15) is 58.2 Å². The van der Waals surface area contributed by atoms with Crippen molar-refractivity contribution in [1.82, 2.24) is 24.6 Å². The number of hydrogen-bond acceptors (Lipinski definition) is 13. The Hall–Kier alpha value is -5.21. The summed E-state index contributed by atoms with van der Waals surface area (Å²) >= 11 is 0. The molecule has 0 unspecified atom stereocenters. The van der Waals surface area contributed by atoms with Gasteiger partial charge in [-0.1, -0.05) is 43.9 Å². The van der Waals surface area contributed by atoms with Gasteiger partial charge in [0.2, 0.25) is 0 Å². The molecule has 0 radical (unpaired) electrons. The first-order chi connectivity index (χ1) is 26.2. The number of nitrogen functional groups attached to an aromatic ring is 1. The van der Waals surface area contributed by atoms with Crippen LogP contribution in [0.25, 0.3) is 11.2 Å². The zero-order valence-electron chi connectivity index (χ0n) is 30.2. The Labute approximate surface area is 314 Å². The molecule has 5 atom stereocenters. The van der Waals surface area contributed by atoms with E-state index < -0.39 is 80.7 Å². The fourth-order valence-electron chi connectivity index (χ4n) is 5.67. The molecule has 1 saturated heterocycles. The number of fused-ring (bicyclic) bond motifs is 1. The second-order valence-electron chi connectivity index (χ2n) is 12.8. The number of ether oxygens (including phenoxy) is 4. The van der Waals surface area contributed by atoms with Gasteiger partial charge in [0.1, 0.15) is 36.3 Å². The molecular formula is C36H40F3N6O9P. The van der Waals surface area contributed by atoms with Gasteiger partial charge in [-0.05, 0) is 56.5 Å². The van der Waals surface area contributed by atoms with E-state index in [1.807, 2.05) is 6.92 Å². The zero-order valence-corrected chi connectivity index (χ0v) is 31.0. The van der Waals surface area contributed by atoms with Gasteiger partial charge >= 0.3 is 25.9 Å². The molecule has 0 saturated carbocycles. The molecule has 294 valence electrons. The Morgan fingerprint density at radius 2 is 1.87 bits per heavy atom. The molecule has 1 aliphatic rings. The minimum absolute atomic E-state index is 0.0170. The van der Waals surface area contributed by atoms with Gasteiger partial charge in [0.15, 0.2) is 28.7 Å². The standard InChI is InChI=1S/C36H40F3N6O9P/c1-5-7-11-14-49-35(47)52-28-19-29(45-21-41-30-31(40)42-34(39)43-32(30)45)53-36(28,6-2)20-50-55(48,54-26-12-9-8-10-13-26)44-27(33(46)51-22(3)4)17-23-15-24(37)18-25(38)16-23/h2,8-10,12-13,15-16,18,21-22,27-29H,5,7,11,14,17,19-20H2,1,3-4H3,(H,44,48)(H2,40,42,43)/t27-,28-,29+,36+,55-/m0/s1. The summed E-state index contributed by atoms with van der Waals surface area (Å²) in [5.41, 5.74) is 3.81. The van der Waals surface area contributed by atoms with Crippen LogP contribution in [0.5, 0.6) is 5.75 Å². The number of esters is 1. The first kappa shape index (κ1) is 41.0. The largest absolute Gasteiger partial charge is 0.508 e. The quantitative estimate of drug-likeness (QED) is 0.0406. The van der Waals surface area contributed by atoms with Crippen LogP contribution < -0.4 is 15.3 Å². The SMILES string of the molecule is C#C[C@]1(CO[P@@](=O)(N[C@@H](Cc2cc(F)cc(F)c2)C(=O)OC(C)C)Oc2ccccc2)O[C@@H](n2cnc3c(N)nc(F)nc32)C[C@@H]1OC(=O)OCCCCC. The smallest absolute Gasteiger partial charge is 0.462 e. The van der Waals surface area contributed by atoms with Gasteiger partial charge in [0.25, 0.3) is 0 Å². The lowest BCUT2D eigenvalue weighted by Crippen LogP contribution is -2.46. The van der Waals surface area contributed by atoms with Gasteiger partial charge in [-0.3, -0.25) is 13.9 Å². The van der Waals surface area contributed by atoms with Gasteiger partial charge in [-0.25, -0.2) is 23.1 Å². The van der Waals surface area contributed by atoms with E-state index >= 15 is 0 Å². The topological polar surface area (TPSA) is 188 Å². The molecule has 19 heteroatoms. The van der Waals surface area contributed by atoms with Crippen molar-refractivity contribution in [3.8, 4) is 18.1 Å². The van der Waals surface area contributed by atoms with E-state index in [9.17, 15) is 27.3 Å². The van der Waals surface area contributed by atoms with E-state index in [-0.39, 0.29) is 41.3 Å². The number of halogens is 3. The Morgan fingerprint density at radius 3 is 2.55 bits per heavy atom. The maximum atomic E-state index is 14.8. The lowest BCUT2D eigenvalue weighted by molar-refractivity contribution is -0.149. The summed E-state index contributed by atoms with van der Waals surface area (Å²) in [5.74, 6) is -0.547. The number of benzene rings is 2. The van der Waals surface area contributed by atoms with Crippen LogP contribution in [-0.4, -0.2) is 68.7 Å². The van der Waals surface area contributed by atoms with Gasteiger partial charge in [-0.15, -0.1) is 6.42 Å². The van der Waals surface area contributed by atoms with Crippen molar-refractivity contribution in [3.63, 3.8) is 0 Å². The molecule has 0 spiro atoms. The monoisotopic (exact) mass is 788 g/mol. The second-order valence-corrected chi connectivity index (χ2v) is 14.5. The van der Waals surface area contributed by atoms with Crippen molar-refractivity contribution in [2.45, 2.75) is 83.0 Å². The molecule has 1 fully saturated rings. The fourth-order valence-corrected chi connectivity index (χ4v) is 7.19. The summed E-state index contributed by atoms with van der Waals surface area (Å²) in [5, 5.41) is 2.56. The minimum atomic E-state index is -4.77. The van der Waals surface area contributed by atoms with Crippen LogP contribution in [0.2, 0.25) is 0 Å². The number of carbonyl (C=O) groups is 2. The number of rotatable bonds is 17. The van der Waals surface area contributed by atoms with Crippen molar-refractivity contribution >= 4 is 36.9 Å². The number of nitrogens with two attached hydrogens (primary N) is 1. The Morgan fingerprint density at radius 1 is 1.15 bits per heavy atom. The van der Waals surface area contributed by atoms with E-state index in [1.54, 1.807) is 32.0 Å². The summed E-state index contributed by atoms with van der Waals surface area (Å²) < 4.78 is 93.0. The molecule has 0 aliphatic carbocycles. The van der Waals surface area contributed by atoms with Crippen molar-refractivity contribution in [2.24, 2.45) is 0 Å². The molecule has 3 N–H and O–H groups in total. The van der Waals surface area contributed by atoms with Gasteiger partial charge < -0.3 is 29.2 Å². The number of imidazole rings is 1. The number of nitrogens with one attached hydrogen (secondary N) is 1. The third-order valence-electron chi connectivity index (χ3n) is 8.19. The summed E-state index contributed by atoms with van der Waals surface area (Å²) in [6, 6.07) is 8.84. The number of unbranched alkanes of at least 4 members (excludes halogenated alkanes) is 2. The van der Waals surface area contributed by atoms with Crippen LogP contribution in [-0.2, 0) is 39.3 Å². The van der Waals surface area contributed by atoms with E-state index in [4.69, 9.17) is 40.2 Å². The van der Waals surface area contributed by atoms with Crippen LogP contribution in [0, 0.1) is 30.1 Å². The van der Waals surface area contributed by atoms with Crippen molar-refractivity contribution < 1.29 is 55.3 Å². The van der Waals surface area contributed by atoms with Crippen molar-refractivity contribution in [1.29, 1.82) is 0 Å². The third-order valence-corrected chi connectivity index (χ3v) is 9.74. The average molecular weight is 789 g/mol. The normalized spacial score (nSPS) is 19.7. The molecule has 15 nitrogen and oxygen atoms in total. The minimum Gasteiger partial charge on any atom is -0.462 e. The molecular weight excluding hydrogens is 748 g/mol. The molecule has 2 aromatic carbocycles. The van der Waals surface area contributed by atoms with Crippen LogP contribution in [0.15, 0.2) is 54.9 Å². The van der Waals surface area contributed by atoms with Crippen molar-refractivity contribution in [3.05, 3.63) is 78.1 Å². The third kappa shape index (κ3) is 10.5. The fraction of sp³-hybridized carbons (Fsp3) is 0.417. The first-order valence-corrected chi connectivity index (χ1v) is 18.8. The average Bonchev–Trinajstić information content (AvgIpc) is 3.70. The zero-order chi connectivity index (χ0) is 39.8. The summed E-state index contributed by atoms with van der Waals surface area (Å²) in [6.45, 7) is 4.36. The number of terminal acetylenes is 1. The Balaban J connectivity index is 1.49. The molecule has 4 aromatic rings. The van der Waals surface area contributed by atoms with Gasteiger partial charge in [0.05, 0.1) is 19.0 Å². The predicted molar refractivity (Wildman–Crippen MR) is 191 cm³/mol. The maximum Gasteiger partial charge on any atom is 0.508 e. The highest BCUT2D eigenvalue weighted by molar-refractivity contribution is 7.52. The van der Waals surface area contributed by atoms with E-state index in [2.05, 4.69) is 26.0 Å². The molecule has 5 rings (SSSR count). The van der Waals surface area contributed by atoms with E-state index in [0.29, 0.717) is 12.5 Å². The highest BCUT2D eigenvalue weighted by Crippen LogP contribution is 2.49.